The van der Waals surface area contributed by atoms with Crippen LogP contribution in [0.3, 0.4) is 0 Å². The van der Waals surface area contributed by atoms with Crippen molar-refractivity contribution >= 4 is 17.6 Å². The molecule has 5 nitrogen and oxygen atoms in total. The van der Waals surface area contributed by atoms with Crippen LogP contribution in [0.5, 0.6) is 5.75 Å². The van der Waals surface area contributed by atoms with Gasteiger partial charge in [-0.25, -0.2) is 0 Å². The van der Waals surface area contributed by atoms with Gasteiger partial charge in [-0.1, -0.05) is 18.2 Å². The van der Waals surface area contributed by atoms with E-state index in [1.165, 1.54) is 17.0 Å². The fourth-order valence-electron chi connectivity index (χ4n) is 3.29. The lowest BCUT2D eigenvalue weighted by molar-refractivity contribution is -0.274. The van der Waals surface area contributed by atoms with Gasteiger partial charge in [-0.2, -0.15) is 0 Å². The number of alkyl halides is 3. The van der Waals surface area contributed by atoms with Gasteiger partial charge in [0.25, 0.3) is 5.91 Å². The number of halogens is 3. The first-order valence-electron chi connectivity index (χ1n) is 8.18. The molecule has 1 aliphatic heterocycles. The van der Waals surface area contributed by atoms with E-state index in [4.69, 9.17) is 0 Å². The third kappa shape index (κ3) is 3.89. The second-order valence-electron chi connectivity index (χ2n) is 6.28. The van der Waals surface area contributed by atoms with Gasteiger partial charge >= 0.3 is 12.3 Å². The van der Waals surface area contributed by atoms with Gasteiger partial charge in [0.15, 0.2) is 0 Å². The van der Waals surface area contributed by atoms with Gasteiger partial charge in [0.05, 0.1) is 5.92 Å². The van der Waals surface area contributed by atoms with Gasteiger partial charge in [0.2, 0.25) is 0 Å². The summed E-state index contributed by atoms with van der Waals surface area (Å²) in [7, 11) is 0. The maximum atomic E-state index is 13.0. The Bertz CT molecular complexity index is 864. The van der Waals surface area contributed by atoms with Crippen LogP contribution in [0.15, 0.2) is 48.5 Å². The van der Waals surface area contributed by atoms with E-state index in [0.29, 0.717) is 11.3 Å². The average molecular weight is 379 g/mol. The van der Waals surface area contributed by atoms with Crippen molar-refractivity contribution in [3.05, 3.63) is 59.7 Å². The van der Waals surface area contributed by atoms with Crippen LogP contribution < -0.4 is 9.64 Å². The minimum absolute atomic E-state index is 0.181. The molecule has 0 fully saturated rings. The third-order valence-corrected chi connectivity index (χ3v) is 4.44. The van der Waals surface area contributed by atoms with E-state index in [-0.39, 0.29) is 18.0 Å². The van der Waals surface area contributed by atoms with Gasteiger partial charge in [0.1, 0.15) is 5.75 Å². The number of carboxylic acids is 1. The van der Waals surface area contributed by atoms with Crippen LogP contribution in [0.4, 0.5) is 18.9 Å². The number of rotatable bonds is 3. The molecule has 2 aromatic rings. The lowest BCUT2D eigenvalue weighted by Crippen LogP contribution is -2.44. The Kier molecular flexibility index (Phi) is 4.82. The number of amides is 1. The zero-order chi connectivity index (χ0) is 19.8. The summed E-state index contributed by atoms with van der Waals surface area (Å²) in [6.45, 7) is 1.74. The number of hydrogen-bond donors (Lipinski definition) is 1. The highest BCUT2D eigenvalue weighted by Crippen LogP contribution is 2.39. The second-order valence-corrected chi connectivity index (χ2v) is 6.28. The normalized spacial score (nSPS) is 19.3. The number of para-hydroxylation sites is 1. The van der Waals surface area contributed by atoms with E-state index in [1.807, 2.05) is 0 Å². The van der Waals surface area contributed by atoms with Crippen LogP contribution in [0, 0.1) is 0 Å². The molecule has 2 aromatic carbocycles. The Hall–Kier alpha value is -3.03. The van der Waals surface area contributed by atoms with E-state index >= 15 is 0 Å². The molecule has 1 amide bonds. The zero-order valence-corrected chi connectivity index (χ0v) is 14.2. The Morgan fingerprint density at radius 1 is 1.11 bits per heavy atom. The summed E-state index contributed by atoms with van der Waals surface area (Å²) in [5, 5.41) is 9.46. The van der Waals surface area contributed by atoms with Crippen LogP contribution in [-0.2, 0) is 4.79 Å². The number of carbonyl (C=O) groups is 2. The van der Waals surface area contributed by atoms with Crippen LogP contribution in [0.1, 0.15) is 35.2 Å². The summed E-state index contributed by atoms with van der Waals surface area (Å²) >= 11 is 0. The highest BCUT2D eigenvalue weighted by Gasteiger charge is 2.37. The lowest BCUT2D eigenvalue weighted by atomic mass is 9.85. The SMILES string of the molecule is C[C@H]1CC(C(=O)O)c2ccccc2N1C(=O)c1ccc(OC(F)(F)F)cc1. The van der Waals surface area contributed by atoms with E-state index in [2.05, 4.69) is 4.74 Å². The van der Waals surface area contributed by atoms with Crippen molar-refractivity contribution in [2.45, 2.75) is 31.7 Å². The lowest BCUT2D eigenvalue weighted by Gasteiger charge is -2.38. The van der Waals surface area contributed by atoms with Crippen molar-refractivity contribution in [2.24, 2.45) is 0 Å². The highest BCUT2D eigenvalue weighted by molar-refractivity contribution is 6.07. The summed E-state index contributed by atoms with van der Waals surface area (Å²) in [5.41, 5.74) is 1.21. The molecule has 2 atom stereocenters. The van der Waals surface area contributed by atoms with Crippen LogP contribution in [-0.4, -0.2) is 29.4 Å². The first-order chi connectivity index (χ1) is 12.7. The smallest absolute Gasteiger partial charge is 0.481 e. The molecule has 142 valence electrons. The molecule has 0 bridgehead atoms. The van der Waals surface area contributed by atoms with Gasteiger partial charge in [-0.3, -0.25) is 9.59 Å². The first-order valence-corrected chi connectivity index (χ1v) is 8.18. The van der Waals surface area contributed by atoms with E-state index in [9.17, 15) is 27.9 Å². The molecule has 0 saturated carbocycles. The molecule has 1 aliphatic rings. The average Bonchev–Trinajstić information content (AvgIpc) is 2.59. The van der Waals surface area contributed by atoms with Gasteiger partial charge in [0, 0.05) is 17.3 Å². The van der Waals surface area contributed by atoms with E-state index in [1.54, 1.807) is 31.2 Å². The summed E-state index contributed by atoms with van der Waals surface area (Å²) in [4.78, 5) is 26.0. The quantitative estimate of drug-likeness (QED) is 0.868. The fourth-order valence-corrected chi connectivity index (χ4v) is 3.29. The largest absolute Gasteiger partial charge is 0.573 e. The maximum Gasteiger partial charge on any atom is 0.573 e. The minimum atomic E-state index is -4.81. The molecule has 0 saturated heterocycles. The molecule has 8 heteroatoms. The Labute approximate surface area is 153 Å². The van der Waals surface area contributed by atoms with Gasteiger partial charge in [-0.15, -0.1) is 13.2 Å². The first kappa shape index (κ1) is 18.8. The monoisotopic (exact) mass is 379 g/mol. The Morgan fingerprint density at radius 2 is 1.74 bits per heavy atom. The number of fused-ring (bicyclic) bond motifs is 1. The number of carboxylic acid groups (broad SMARTS) is 1. The molecule has 0 aromatic heterocycles. The number of aliphatic carboxylic acids is 1. The molecule has 1 heterocycles. The molecule has 1 N–H and O–H groups in total. The van der Waals surface area contributed by atoms with E-state index in [0.717, 1.165) is 12.1 Å². The predicted molar refractivity (Wildman–Crippen MR) is 90.8 cm³/mol. The summed E-state index contributed by atoms with van der Waals surface area (Å²) in [6.07, 6.45) is -4.56. The number of hydrogen-bond acceptors (Lipinski definition) is 3. The predicted octanol–water partition coefficient (Wildman–Crippen LogP) is 4.19. The second kappa shape index (κ2) is 6.94. The highest BCUT2D eigenvalue weighted by atomic mass is 19.4. The standard InChI is InChI=1S/C19H16F3NO4/c1-11-10-15(18(25)26)14-4-2-3-5-16(14)23(11)17(24)12-6-8-13(9-7-12)27-19(20,21)22/h2-9,11,15H,10H2,1H3,(H,25,26)/t11-,15?/m0/s1. The maximum absolute atomic E-state index is 13.0. The van der Waals surface area contributed by atoms with Crippen molar-refractivity contribution in [3.63, 3.8) is 0 Å². The summed E-state index contributed by atoms with van der Waals surface area (Å²) in [5.74, 6) is -2.52. The molecule has 0 radical (unpaired) electrons. The molecule has 0 spiro atoms. The molecular formula is C19H16F3NO4. The number of nitrogens with zero attached hydrogens (tertiary/aromatic N) is 1. The minimum Gasteiger partial charge on any atom is -0.481 e. The summed E-state index contributed by atoms with van der Waals surface area (Å²) < 4.78 is 40.6. The van der Waals surface area contributed by atoms with Crippen molar-refractivity contribution in [2.75, 3.05) is 4.90 Å². The molecule has 0 aliphatic carbocycles. The Morgan fingerprint density at radius 3 is 2.33 bits per heavy atom. The topological polar surface area (TPSA) is 66.8 Å². The molecule has 27 heavy (non-hydrogen) atoms. The number of anilines is 1. The summed E-state index contributed by atoms with van der Waals surface area (Å²) in [6, 6.07) is 11.0. The van der Waals surface area contributed by atoms with Crippen molar-refractivity contribution < 1.29 is 32.6 Å². The van der Waals surface area contributed by atoms with Crippen molar-refractivity contribution in [1.29, 1.82) is 0 Å². The molecule has 1 unspecified atom stereocenters. The fraction of sp³-hybridized carbons (Fsp3) is 0.263. The van der Waals surface area contributed by atoms with Crippen LogP contribution in [0.2, 0.25) is 0 Å². The van der Waals surface area contributed by atoms with Gasteiger partial charge in [-0.05, 0) is 49.2 Å². The third-order valence-electron chi connectivity index (χ3n) is 4.44. The van der Waals surface area contributed by atoms with Gasteiger partial charge < -0.3 is 14.7 Å². The number of ether oxygens (including phenoxy) is 1. The van der Waals surface area contributed by atoms with Crippen LogP contribution in [0.25, 0.3) is 0 Å². The zero-order valence-electron chi connectivity index (χ0n) is 14.2. The number of carbonyl (C=O) groups excluding carboxylic acids is 1. The van der Waals surface area contributed by atoms with E-state index < -0.39 is 29.9 Å². The Balaban J connectivity index is 1.92. The molecular weight excluding hydrogens is 363 g/mol. The van der Waals surface area contributed by atoms with Crippen molar-refractivity contribution in [3.8, 4) is 5.75 Å². The molecule has 3 rings (SSSR count). The number of benzene rings is 2. The van der Waals surface area contributed by atoms with Crippen LogP contribution >= 0.6 is 0 Å². The van der Waals surface area contributed by atoms with Crippen molar-refractivity contribution in [1.82, 2.24) is 0 Å².